The fourth-order valence-corrected chi connectivity index (χ4v) is 3.66. The average Bonchev–Trinajstić information content (AvgIpc) is 3.20. The molecule has 3 N–H and O–H groups in total. The van der Waals surface area contributed by atoms with E-state index in [1.807, 2.05) is 6.08 Å². The van der Waals surface area contributed by atoms with E-state index in [-0.39, 0.29) is 24.7 Å². The van der Waals surface area contributed by atoms with Gasteiger partial charge in [0.1, 0.15) is 18.3 Å². The lowest BCUT2D eigenvalue weighted by Gasteiger charge is -2.38. The second-order valence-corrected chi connectivity index (χ2v) is 8.00. The first kappa shape index (κ1) is 22.5. The van der Waals surface area contributed by atoms with E-state index < -0.39 is 23.3 Å². The van der Waals surface area contributed by atoms with Crippen LogP contribution in [-0.2, 0) is 19.1 Å². The van der Waals surface area contributed by atoms with Gasteiger partial charge in [-0.3, -0.25) is 4.90 Å². The first-order valence-electron chi connectivity index (χ1n) is 9.50. The van der Waals surface area contributed by atoms with Crippen LogP contribution < -0.4 is 0 Å². The van der Waals surface area contributed by atoms with Gasteiger partial charge in [0.05, 0.1) is 12.1 Å². The molecule has 0 aromatic rings. The Bertz CT molecular complexity index is 677. The molecule has 2 heterocycles. The number of aliphatic hydroxyl groups excluding tert-OH is 1. The average molecular weight is 397 g/mol. The summed E-state index contributed by atoms with van der Waals surface area (Å²) in [4.78, 5) is 26.7. The molecule has 0 amide bonds. The highest BCUT2D eigenvalue weighted by atomic mass is 16.6. The normalized spacial score (nSPS) is 26.3. The molecule has 0 spiro atoms. The Balaban J connectivity index is 2.06. The van der Waals surface area contributed by atoms with Crippen molar-refractivity contribution >= 4 is 11.9 Å². The number of carbonyl (C=O) groups is 2. The van der Waals surface area contributed by atoms with Crippen molar-refractivity contribution in [3.05, 3.63) is 23.3 Å². The van der Waals surface area contributed by atoms with Gasteiger partial charge in [-0.15, -0.1) is 0 Å². The molecular formula is C20H31NO7. The van der Waals surface area contributed by atoms with Crippen LogP contribution in [0.1, 0.15) is 41.0 Å². The summed E-state index contributed by atoms with van der Waals surface area (Å²) in [6, 6.07) is -0.191. The van der Waals surface area contributed by atoms with Crippen molar-refractivity contribution in [3.8, 4) is 0 Å². The minimum absolute atomic E-state index is 0.123. The second-order valence-electron chi connectivity index (χ2n) is 8.00. The predicted molar refractivity (Wildman–Crippen MR) is 101 cm³/mol. The molecule has 158 valence electrons. The number of esters is 2. The number of fused-ring (bicyclic) bond motifs is 1. The van der Waals surface area contributed by atoms with Crippen LogP contribution in [0, 0.1) is 0 Å². The molecule has 2 rings (SSSR count). The molecule has 0 aliphatic carbocycles. The van der Waals surface area contributed by atoms with E-state index in [4.69, 9.17) is 9.47 Å². The maximum atomic E-state index is 12.5. The van der Waals surface area contributed by atoms with Crippen molar-refractivity contribution in [2.75, 3.05) is 19.7 Å². The third-order valence-corrected chi connectivity index (χ3v) is 5.65. The summed E-state index contributed by atoms with van der Waals surface area (Å²) in [5, 5.41) is 30.5. The fraction of sp³-hybridized carbons (Fsp3) is 0.700. The molecule has 3 unspecified atom stereocenters. The molecule has 8 nitrogen and oxygen atoms in total. The summed E-state index contributed by atoms with van der Waals surface area (Å²) in [5.41, 5.74) is -3.06. The Labute approximate surface area is 165 Å². The highest BCUT2D eigenvalue weighted by Gasteiger charge is 2.54. The number of ether oxygens (including phenoxy) is 2. The maximum Gasteiger partial charge on any atom is 0.344 e. The standard InChI is InChI=1S/C20H31NO7/c1-6-12(2)17(23)28-15-8-10-21-9-7-14(16(15)21)11-27-18(24)20(26,13(3)22)19(4,5)25/h6-7,13,15-16,22,25-26H,8-11H2,1-5H3/t13?,15?,16?,20-/m0/s1. The van der Waals surface area contributed by atoms with Gasteiger partial charge in [0.2, 0.25) is 5.60 Å². The van der Waals surface area contributed by atoms with Crippen molar-refractivity contribution < 1.29 is 34.4 Å². The maximum absolute atomic E-state index is 12.5. The number of rotatable bonds is 7. The third kappa shape index (κ3) is 4.15. The monoisotopic (exact) mass is 397 g/mol. The summed E-state index contributed by atoms with van der Waals surface area (Å²) < 4.78 is 10.9. The number of carbonyl (C=O) groups excluding carboxylic acids is 2. The zero-order chi connectivity index (χ0) is 21.3. The molecule has 8 heteroatoms. The third-order valence-electron chi connectivity index (χ3n) is 5.65. The molecule has 2 aliphatic heterocycles. The van der Waals surface area contributed by atoms with Crippen LogP contribution >= 0.6 is 0 Å². The molecule has 28 heavy (non-hydrogen) atoms. The minimum Gasteiger partial charge on any atom is -0.459 e. The predicted octanol–water partition coefficient (Wildman–Crippen LogP) is 0.305. The molecule has 0 saturated carbocycles. The van der Waals surface area contributed by atoms with Crippen molar-refractivity contribution in [1.82, 2.24) is 4.90 Å². The van der Waals surface area contributed by atoms with E-state index in [1.165, 1.54) is 20.8 Å². The van der Waals surface area contributed by atoms with Gasteiger partial charge in [0.15, 0.2) is 0 Å². The van der Waals surface area contributed by atoms with Crippen LogP contribution in [0.25, 0.3) is 0 Å². The van der Waals surface area contributed by atoms with Gasteiger partial charge in [-0.25, -0.2) is 9.59 Å². The van der Waals surface area contributed by atoms with E-state index in [0.29, 0.717) is 18.5 Å². The Morgan fingerprint density at radius 3 is 2.57 bits per heavy atom. The van der Waals surface area contributed by atoms with Gasteiger partial charge < -0.3 is 24.8 Å². The molecule has 4 atom stereocenters. The number of hydrogen-bond acceptors (Lipinski definition) is 8. The van der Waals surface area contributed by atoms with Crippen molar-refractivity contribution in [3.63, 3.8) is 0 Å². The summed E-state index contributed by atoms with van der Waals surface area (Å²) in [6.45, 7) is 8.42. The fourth-order valence-electron chi connectivity index (χ4n) is 3.66. The summed E-state index contributed by atoms with van der Waals surface area (Å²) in [7, 11) is 0. The van der Waals surface area contributed by atoms with Crippen LogP contribution in [0.4, 0.5) is 0 Å². The van der Waals surface area contributed by atoms with Gasteiger partial charge >= 0.3 is 11.9 Å². The van der Waals surface area contributed by atoms with Crippen molar-refractivity contribution in [2.24, 2.45) is 0 Å². The summed E-state index contributed by atoms with van der Waals surface area (Å²) in [6.07, 6.45) is 2.40. The quantitative estimate of drug-likeness (QED) is 0.319. The zero-order valence-electron chi connectivity index (χ0n) is 17.1. The molecule has 0 radical (unpaired) electrons. The highest BCUT2D eigenvalue weighted by Crippen LogP contribution is 2.33. The molecule has 1 fully saturated rings. The molecule has 0 bridgehead atoms. The largest absolute Gasteiger partial charge is 0.459 e. The van der Waals surface area contributed by atoms with Crippen LogP contribution in [0.2, 0.25) is 0 Å². The van der Waals surface area contributed by atoms with E-state index in [0.717, 1.165) is 12.1 Å². The van der Waals surface area contributed by atoms with Crippen LogP contribution in [0.5, 0.6) is 0 Å². The molecule has 0 aromatic carbocycles. The van der Waals surface area contributed by atoms with Gasteiger partial charge in [-0.05, 0) is 46.6 Å². The zero-order valence-corrected chi connectivity index (χ0v) is 17.1. The van der Waals surface area contributed by atoms with E-state index in [1.54, 1.807) is 19.9 Å². The van der Waals surface area contributed by atoms with Crippen molar-refractivity contribution in [2.45, 2.75) is 70.5 Å². The van der Waals surface area contributed by atoms with Crippen LogP contribution in [0.15, 0.2) is 23.3 Å². The second kappa shape index (κ2) is 8.32. The van der Waals surface area contributed by atoms with E-state index in [9.17, 15) is 24.9 Å². The minimum atomic E-state index is -2.46. The molecule has 2 aliphatic rings. The number of nitrogens with zero attached hydrogens (tertiary/aromatic N) is 1. The Kier molecular flexibility index (Phi) is 6.70. The number of allylic oxidation sites excluding steroid dienone is 1. The summed E-state index contributed by atoms with van der Waals surface area (Å²) in [5.74, 6) is -1.48. The highest BCUT2D eigenvalue weighted by molar-refractivity contribution is 5.87. The Morgan fingerprint density at radius 1 is 1.39 bits per heavy atom. The molecule has 1 saturated heterocycles. The van der Waals surface area contributed by atoms with E-state index >= 15 is 0 Å². The lowest BCUT2D eigenvalue weighted by Crippen LogP contribution is -2.63. The number of aliphatic hydroxyl groups is 3. The first-order valence-corrected chi connectivity index (χ1v) is 9.50. The van der Waals surface area contributed by atoms with Gasteiger partial charge in [0.25, 0.3) is 0 Å². The van der Waals surface area contributed by atoms with Crippen LogP contribution in [-0.4, -0.2) is 81.3 Å². The van der Waals surface area contributed by atoms with E-state index in [2.05, 4.69) is 4.90 Å². The number of hydrogen-bond donors (Lipinski definition) is 3. The Hall–Kier alpha value is -1.74. The SMILES string of the molecule is CC=C(C)C(=O)OC1CCN2CC=C(COC(=O)[C@@](O)(C(C)O)C(C)(C)O)C12. The Morgan fingerprint density at radius 2 is 2.04 bits per heavy atom. The lowest BCUT2D eigenvalue weighted by atomic mass is 9.81. The summed E-state index contributed by atoms with van der Waals surface area (Å²) >= 11 is 0. The smallest absolute Gasteiger partial charge is 0.344 e. The lowest BCUT2D eigenvalue weighted by molar-refractivity contribution is -0.213. The molecular weight excluding hydrogens is 366 g/mol. The van der Waals surface area contributed by atoms with Crippen LogP contribution in [0.3, 0.4) is 0 Å². The topological polar surface area (TPSA) is 117 Å². The van der Waals surface area contributed by atoms with Crippen molar-refractivity contribution in [1.29, 1.82) is 0 Å². The molecule has 0 aromatic heterocycles. The first-order chi connectivity index (χ1) is 12.9. The van der Waals surface area contributed by atoms with Gasteiger partial charge in [-0.1, -0.05) is 12.2 Å². The van der Waals surface area contributed by atoms with Gasteiger partial charge in [0, 0.05) is 18.7 Å². The van der Waals surface area contributed by atoms with Gasteiger partial charge in [-0.2, -0.15) is 0 Å².